The van der Waals surface area contributed by atoms with Gasteiger partial charge in [0.1, 0.15) is 0 Å². The minimum Gasteiger partial charge on any atom is -0.381 e. The Bertz CT molecular complexity index is 321. The van der Waals surface area contributed by atoms with E-state index in [-0.39, 0.29) is 18.4 Å². The summed E-state index contributed by atoms with van der Waals surface area (Å²) in [5.41, 5.74) is 5.64. The molecule has 0 radical (unpaired) electrons. The van der Waals surface area contributed by atoms with Crippen LogP contribution in [0.1, 0.15) is 6.92 Å². The Morgan fingerprint density at radius 2 is 2.12 bits per heavy atom. The van der Waals surface area contributed by atoms with Gasteiger partial charge in [-0.3, -0.25) is 0 Å². The lowest BCUT2D eigenvalue weighted by Gasteiger charge is -2.38. The second-order valence-electron chi connectivity index (χ2n) is 4.28. The molecule has 1 aliphatic heterocycles. The van der Waals surface area contributed by atoms with Crippen LogP contribution in [-0.2, 0) is 14.8 Å². The van der Waals surface area contributed by atoms with Crippen LogP contribution in [0.25, 0.3) is 0 Å². The van der Waals surface area contributed by atoms with E-state index in [4.69, 9.17) is 10.5 Å². The molecule has 0 saturated carbocycles. The predicted molar refractivity (Wildman–Crippen MR) is 67.3 cm³/mol. The number of ether oxygens (including phenoxy) is 1. The molecule has 6 nitrogen and oxygen atoms in total. The molecule has 0 aromatic heterocycles. The summed E-state index contributed by atoms with van der Waals surface area (Å²) in [6, 6.07) is -0.111. The first-order valence-corrected chi connectivity index (χ1v) is 7.58. The van der Waals surface area contributed by atoms with Crippen molar-refractivity contribution in [2.45, 2.75) is 13.0 Å². The Morgan fingerprint density at radius 1 is 1.41 bits per heavy atom. The molecule has 0 spiro atoms. The smallest absolute Gasteiger partial charge is 0.216 e. The fraction of sp³-hybridized carbons (Fsp3) is 1.00. The van der Waals surface area contributed by atoms with Crippen molar-refractivity contribution >= 4 is 10.0 Å². The van der Waals surface area contributed by atoms with Crippen molar-refractivity contribution in [1.82, 2.24) is 9.21 Å². The van der Waals surface area contributed by atoms with Crippen molar-refractivity contribution in [1.29, 1.82) is 0 Å². The van der Waals surface area contributed by atoms with Crippen LogP contribution in [0.5, 0.6) is 0 Å². The number of nitrogens with two attached hydrogens (primary N) is 1. The molecule has 1 unspecified atom stereocenters. The SMILES string of the molecule is CCOCCS(=O)(=O)N1CCN(C)CC1CN. The maximum atomic E-state index is 12.1. The summed E-state index contributed by atoms with van der Waals surface area (Å²) in [4.78, 5) is 2.10. The van der Waals surface area contributed by atoms with Crippen LogP contribution >= 0.6 is 0 Å². The Hall–Kier alpha value is -0.210. The summed E-state index contributed by atoms with van der Waals surface area (Å²) in [6.07, 6.45) is 0. The lowest BCUT2D eigenvalue weighted by Crippen LogP contribution is -2.57. The third-order valence-corrected chi connectivity index (χ3v) is 4.83. The van der Waals surface area contributed by atoms with E-state index in [9.17, 15) is 8.42 Å². The van der Waals surface area contributed by atoms with E-state index in [2.05, 4.69) is 4.90 Å². The average Bonchev–Trinajstić information content (AvgIpc) is 2.28. The summed E-state index contributed by atoms with van der Waals surface area (Å²) in [5.74, 6) is 0.0427. The molecule has 1 aliphatic rings. The second-order valence-corrected chi connectivity index (χ2v) is 6.32. The van der Waals surface area contributed by atoms with Gasteiger partial charge >= 0.3 is 0 Å². The molecule has 0 aromatic carbocycles. The van der Waals surface area contributed by atoms with E-state index in [0.29, 0.717) is 26.2 Å². The molecule has 17 heavy (non-hydrogen) atoms. The minimum atomic E-state index is -3.24. The van der Waals surface area contributed by atoms with Gasteiger partial charge in [0.25, 0.3) is 0 Å². The molecule has 0 aromatic rings. The molecule has 1 fully saturated rings. The molecule has 7 heteroatoms. The van der Waals surface area contributed by atoms with E-state index in [1.807, 2.05) is 14.0 Å². The Balaban J connectivity index is 2.62. The van der Waals surface area contributed by atoms with Gasteiger partial charge in [-0.05, 0) is 14.0 Å². The number of hydrogen-bond acceptors (Lipinski definition) is 5. The average molecular weight is 265 g/mol. The van der Waals surface area contributed by atoms with Crippen LogP contribution in [-0.4, -0.2) is 75.9 Å². The molecule has 0 amide bonds. The third-order valence-electron chi connectivity index (χ3n) is 2.95. The van der Waals surface area contributed by atoms with Gasteiger partial charge in [0, 0.05) is 38.8 Å². The number of hydrogen-bond donors (Lipinski definition) is 1. The van der Waals surface area contributed by atoms with Gasteiger partial charge in [-0.1, -0.05) is 0 Å². The molecule has 0 bridgehead atoms. The number of likely N-dealkylation sites (N-methyl/N-ethyl adjacent to an activating group) is 1. The van der Waals surface area contributed by atoms with Crippen molar-refractivity contribution < 1.29 is 13.2 Å². The molecule has 102 valence electrons. The van der Waals surface area contributed by atoms with Crippen LogP contribution in [0.15, 0.2) is 0 Å². The zero-order chi connectivity index (χ0) is 12.9. The summed E-state index contributed by atoms with van der Waals surface area (Å²) in [5, 5.41) is 0. The highest BCUT2D eigenvalue weighted by Crippen LogP contribution is 2.13. The molecule has 1 rings (SSSR count). The zero-order valence-corrected chi connectivity index (χ0v) is 11.4. The quantitative estimate of drug-likeness (QED) is 0.619. The lowest BCUT2D eigenvalue weighted by atomic mass is 10.2. The van der Waals surface area contributed by atoms with E-state index < -0.39 is 10.0 Å². The highest BCUT2D eigenvalue weighted by atomic mass is 32.2. The lowest BCUT2D eigenvalue weighted by molar-refractivity contribution is 0.151. The normalized spacial score (nSPS) is 24.1. The van der Waals surface area contributed by atoms with E-state index in [1.54, 1.807) is 0 Å². The van der Waals surface area contributed by atoms with Gasteiger partial charge in [0.15, 0.2) is 0 Å². The van der Waals surface area contributed by atoms with Crippen molar-refractivity contribution in [3.05, 3.63) is 0 Å². The first-order valence-electron chi connectivity index (χ1n) is 5.97. The maximum absolute atomic E-state index is 12.1. The van der Waals surface area contributed by atoms with E-state index >= 15 is 0 Å². The van der Waals surface area contributed by atoms with Crippen molar-refractivity contribution in [3.63, 3.8) is 0 Å². The van der Waals surface area contributed by atoms with Crippen molar-refractivity contribution in [3.8, 4) is 0 Å². The van der Waals surface area contributed by atoms with Crippen LogP contribution in [0, 0.1) is 0 Å². The van der Waals surface area contributed by atoms with Crippen LogP contribution in [0.4, 0.5) is 0 Å². The van der Waals surface area contributed by atoms with Crippen LogP contribution in [0.2, 0.25) is 0 Å². The third kappa shape index (κ3) is 4.18. The van der Waals surface area contributed by atoms with Crippen molar-refractivity contribution in [2.24, 2.45) is 5.73 Å². The first kappa shape index (κ1) is 14.8. The Morgan fingerprint density at radius 3 is 2.71 bits per heavy atom. The van der Waals surface area contributed by atoms with Gasteiger partial charge in [-0.15, -0.1) is 0 Å². The van der Waals surface area contributed by atoms with E-state index in [0.717, 1.165) is 6.54 Å². The highest BCUT2D eigenvalue weighted by Gasteiger charge is 2.32. The maximum Gasteiger partial charge on any atom is 0.216 e. The second kappa shape index (κ2) is 6.65. The zero-order valence-electron chi connectivity index (χ0n) is 10.6. The molecule has 1 atom stereocenters. The molecule has 0 aliphatic carbocycles. The first-order chi connectivity index (χ1) is 8.01. The van der Waals surface area contributed by atoms with Gasteiger partial charge in [0.2, 0.25) is 10.0 Å². The number of sulfonamides is 1. The van der Waals surface area contributed by atoms with Gasteiger partial charge in [-0.25, -0.2) is 8.42 Å². The van der Waals surface area contributed by atoms with Gasteiger partial charge in [0.05, 0.1) is 12.4 Å². The minimum absolute atomic E-state index is 0.0427. The van der Waals surface area contributed by atoms with Gasteiger partial charge < -0.3 is 15.4 Å². The monoisotopic (exact) mass is 265 g/mol. The molecular weight excluding hydrogens is 242 g/mol. The standard InChI is InChI=1S/C10H23N3O3S/c1-3-16-6-7-17(14,15)13-5-4-12(2)9-10(13)8-11/h10H,3-9,11H2,1-2H3. The molecule has 1 heterocycles. The number of piperazine rings is 1. The van der Waals surface area contributed by atoms with Crippen LogP contribution in [0.3, 0.4) is 0 Å². The van der Waals surface area contributed by atoms with Crippen molar-refractivity contribution in [2.75, 3.05) is 52.2 Å². The van der Waals surface area contributed by atoms with E-state index in [1.165, 1.54) is 4.31 Å². The summed E-state index contributed by atoms with van der Waals surface area (Å²) in [6.45, 7) is 4.98. The summed E-state index contributed by atoms with van der Waals surface area (Å²) in [7, 11) is -1.26. The highest BCUT2D eigenvalue weighted by molar-refractivity contribution is 7.89. The topological polar surface area (TPSA) is 75.9 Å². The Kier molecular flexibility index (Phi) is 5.81. The van der Waals surface area contributed by atoms with Gasteiger partial charge in [-0.2, -0.15) is 4.31 Å². The molecule has 2 N–H and O–H groups in total. The number of rotatable bonds is 6. The fourth-order valence-electron chi connectivity index (χ4n) is 1.98. The number of nitrogens with zero attached hydrogens (tertiary/aromatic N) is 2. The summed E-state index contributed by atoms with van der Waals surface area (Å²) < 4.78 is 30.9. The molecular formula is C10H23N3O3S. The summed E-state index contributed by atoms with van der Waals surface area (Å²) >= 11 is 0. The Labute approximate surface area is 104 Å². The fourth-order valence-corrected chi connectivity index (χ4v) is 3.51. The molecule has 1 saturated heterocycles. The largest absolute Gasteiger partial charge is 0.381 e. The van der Waals surface area contributed by atoms with Crippen LogP contribution < -0.4 is 5.73 Å². The predicted octanol–water partition coefficient (Wildman–Crippen LogP) is -1.07.